The van der Waals surface area contributed by atoms with Crippen LogP contribution in [0.15, 0.2) is 23.8 Å². The molecular weight excluding hydrogens is 212 g/mol. The van der Waals surface area contributed by atoms with Crippen molar-refractivity contribution in [3.8, 4) is 0 Å². The van der Waals surface area contributed by atoms with E-state index in [4.69, 9.17) is 4.74 Å². The number of hydrogen-bond acceptors (Lipinski definition) is 2. The van der Waals surface area contributed by atoms with Crippen LogP contribution in [0.3, 0.4) is 0 Å². The molecule has 1 unspecified atom stereocenters. The van der Waals surface area contributed by atoms with Crippen molar-refractivity contribution in [1.82, 2.24) is 0 Å². The summed E-state index contributed by atoms with van der Waals surface area (Å²) >= 11 is 0. The molecule has 2 heteroatoms. The number of esters is 1. The third-order valence-corrected chi connectivity index (χ3v) is 3.20. The van der Waals surface area contributed by atoms with Crippen molar-refractivity contribution in [2.24, 2.45) is 11.8 Å². The average Bonchev–Trinajstić information content (AvgIpc) is 2.26. The Labute approximate surface area is 105 Å². The summed E-state index contributed by atoms with van der Waals surface area (Å²) in [5.74, 6) is 0.906. The van der Waals surface area contributed by atoms with Crippen LogP contribution >= 0.6 is 0 Å². The maximum absolute atomic E-state index is 11.4. The fraction of sp³-hybridized carbons (Fsp3) is 0.667. The van der Waals surface area contributed by atoms with Crippen LogP contribution in [0.2, 0.25) is 0 Å². The summed E-state index contributed by atoms with van der Waals surface area (Å²) in [7, 11) is 0. The summed E-state index contributed by atoms with van der Waals surface area (Å²) in [4.78, 5) is 11.4. The molecule has 0 aliphatic heterocycles. The fourth-order valence-electron chi connectivity index (χ4n) is 2.03. The lowest BCUT2D eigenvalue weighted by molar-refractivity contribution is -0.143. The zero-order valence-electron chi connectivity index (χ0n) is 11.3. The van der Waals surface area contributed by atoms with Gasteiger partial charge in [-0.15, -0.1) is 0 Å². The van der Waals surface area contributed by atoms with Crippen molar-refractivity contribution in [2.45, 2.75) is 46.5 Å². The normalized spacial score (nSPS) is 20.0. The first-order valence-electron chi connectivity index (χ1n) is 6.48. The summed E-state index contributed by atoms with van der Waals surface area (Å²) in [6, 6.07) is 0. The van der Waals surface area contributed by atoms with Gasteiger partial charge in [-0.25, -0.2) is 0 Å². The minimum atomic E-state index is -0.0806. The highest BCUT2D eigenvalue weighted by molar-refractivity contribution is 5.69. The fourth-order valence-corrected chi connectivity index (χ4v) is 2.03. The van der Waals surface area contributed by atoms with Gasteiger partial charge in [0.1, 0.15) is 6.61 Å². The van der Waals surface area contributed by atoms with Gasteiger partial charge >= 0.3 is 5.97 Å². The van der Waals surface area contributed by atoms with Gasteiger partial charge in [-0.1, -0.05) is 32.1 Å². The molecule has 0 radical (unpaired) electrons. The lowest BCUT2D eigenvalue weighted by atomic mass is 9.86. The summed E-state index contributed by atoms with van der Waals surface area (Å²) < 4.78 is 5.26. The Balaban J connectivity index is 2.30. The van der Waals surface area contributed by atoms with E-state index in [9.17, 15) is 4.79 Å². The summed E-state index contributed by atoms with van der Waals surface area (Å²) in [6.45, 7) is 10.6. The van der Waals surface area contributed by atoms with E-state index in [1.807, 2.05) is 13.8 Å². The molecule has 1 aliphatic rings. The number of hydrogen-bond donors (Lipinski definition) is 0. The molecule has 96 valence electrons. The van der Waals surface area contributed by atoms with E-state index in [1.165, 1.54) is 11.1 Å². The van der Waals surface area contributed by atoms with Gasteiger partial charge in [0.2, 0.25) is 0 Å². The van der Waals surface area contributed by atoms with Gasteiger partial charge in [0.05, 0.1) is 0 Å². The molecule has 0 bridgehead atoms. The summed E-state index contributed by atoms with van der Waals surface area (Å²) in [5.41, 5.74) is 2.52. The van der Waals surface area contributed by atoms with Crippen molar-refractivity contribution in [3.05, 3.63) is 23.8 Å². The zero-order chi connectivity index (χ0) is 12.8. The van der Waals surface area contributed by atoms with E-state index in [-0.39, 0.29) is 5.97 Å². The highest BCUT2D eigenvalue weighted by Gasteiger charge is 2.15. The molecule has 1 aliphatic carbocycles. The van der Waals surface area contributed by atoms with Crippen molar-refractivity contribution < 1.29 is 9.53 Å². The van der Waals surface area contributed by atoms with E-state index in [2.05, 4.69) is 19.6 Å². The van der Waals surface area contributed by atoms with Crippen molar-refractivity contribution in [2.75, 3.05) is 6.61 Å². The van der Waals surface area contributed by atoms with Crippen LogP contribution in [-0.4, -0.2) is 12.6 Å². The third-order valence-electron chi connectivity index (χ3n) is 3.20. The third kappa shape index (κ3) is 5.20. The molecule has 2 nitrogen and oxygen atoms in total. The SMILES string of the molecule is C=C(C)C1CC=C(COC(=O)CC(C)C)CC1. The Kier molecular flexibility index (Phi) is 5.46. The molecule has 17 heavy (non-hydrogen) atoms. The van der Waals surface area contributed by atoms with Crippen molar-refractivity contribution in [3.63, 3.8) is 0 Å². The number of allylic oxidation sites excluding steroid dienone is 2. The summed E-state index contributed by atoms with van der Waals surface area (Å²) in [6.07, 6.45) is 5.95. The molecule has 0 saturated heterocycles. The molecule has 0 spiro atoms. The Morgan fingerprint density at radius 1 is 1.59 bits per heavy atom. The maximum Gasteiger partial charge on any atom is 0.306 e. The maximum atomic E-state index is 11.4. The second-order valence-corrected chi connectivity index (χ2v) is 5.44. The number of ether oxygens (including phenoxy) is 1. The average molecular weight is 236 g/mol. The number of rotatable bonds is 5. The molecular formula is C15H24O2. The minimum absolute atomic E-state index is 0.0806. The molecule has 0 saturated carbocycles. The smallest absolute Gasteiger partial charge is 0.306 e. The molecule has 0 N–H and O–H groups in total. The van der Waals surface area contributed by atoms with Gasteiger partial charge in [0.25, 0.3) is 0 Å². The summed E-state index contributed by atoms with van der Waals surface area (Å²) in [5, 5.41) is 0. The monoisotopic (exact) mass is 236 g/mol. The molecule has 0 fully saturated rings. The largest absolute Gasteiger partial charge is 0.461 e. The lowest BCUT2D eigenvalue weighted by Gasteiger charge is -2.22. The number of carbonyl (C=O) groups is 1. The molecule has 0 amide bonds. The molecule has 0 aromatic carbocycles. The zero-order valence-corrected chi connectivity index (χ0v) is 11.3. The predicted molar refractivity (Wildman–Crippen MR) is 70.7 cm³/mol. The van der Waals surface area contributed by atoms with Crippen LogP contribution in [-0.2, 0) is 9.53 Å². The Morgan fingerprint density at radius 2 is 2.29 bits per heavy atom. The van der Waals surface area contributed by atoms with Gasteiger partial charge in [-0.3, -0.25) is 4.79 Å². The van der Waals surface area contributed by atoms with Crippen LogP contribution in [0.1, 0.15) is 46.5 Å². The van der Waals surface area contributed by atoms with Gasteiger partial charge in [0.15, 0.2) is 0 Å². The van der Waals surface area contributed by atoms with Gasteiger partial charge in [-0.2, -0.15) is 0 Å². The van der Waals surface area contributed by atoms with Gasteiger partial charge in [-0.05, 0) is 43.6 Å². The van der Waals surface area contributed by atoms with E-state index < -0.39 is 0 Å². The van der Waals surface area contributed by atoms with Crippen molar-refractivity contribution >= 4 is 5.97 Å². The predicted octanol–water partition coefficient (Wildman–Crippen LogP) is 3.88. The van der Waals surface area contributed by atoms with Crippen molar-refractivity contribution in [1.29, 1.82) is 0 Å². The van der Waals surface area contributed by atoms with Crippen LogP contribution in [0.4, 0.5) is 0 Å². The highest BCUT2D eigenvalue weighted by atomic mass is 16.5. The van der Waals surface area contributed by atoms with Gasteiger partial charge in [0, 0.05) is 6.42 Å². The Hall–Kier alpha value is -1.05. The Morgan fingerprint density at radius 3 is 2.76 bits per heavy atom. The van der Waals surface area contributed by atoms with Crippen LogP contribution in [0, 0.1) is 11.8 Å². The van der Waals surface area contributed by atoms with E-state index in [1.54, 1.807) is 0 Å². The first kappa shape index (κ1) is 14.0. The minimum Gasteiger partial charge on any atom is -0.461 e. The first-order chi connectivity index (χ1) is 7.99. The van der Waals surface area contributed by atoms with E-state index in [0.29, 0.717) is 24.9 Å². The topological polar surface area (TPSA) is 26.3 Å². The van der Waals surface area contributed by atoms with E-state index >= 15 is 0 Å². The van der Waals surface area contributed by atoms with E-state index in [0.717, 1.165) is 19.3 Å². The standard InChI is InChI=1S/C15H24O2/c1-11(2)9-15(16)17-10-13-5-7-14(8-6-13)12(3)4/h5,11,14H,3,6-10H2,1-2,4H3. The lowest BCUT2D eigenvalue weighted by Crippen LogP contribution is -2.13. The molecule has 1 rings (SSSR count). The number of carbonyl (C=O) groups excluding carboxylic acids is 1. The molecule has 0 aromatic rings. The van der Waals surface area contributed by atoms with Crippen LogP contribution < -0.4 is 0 Å². The second kappa shape index (κ2) is 6.63. The molecule has 1 atom stereocenters. The molecule has 0 aromatic heterocycles. The van der Waals surface area contributed by atoms with Crippen LogP contribution in [0.25, 0.3) is 0 Å². The second-order valence-electron chi connectivity index (χ2n) is 5.44. The van der Waals surface area contributed by atoms with Gasteiger partial charge < -0.3 is 4.74 Å². The van der Waals surface area contributed by atoms with Crippen LogP contribution in [0.5, 0.6) is 0 Å². The Bertz CT molecular complexity index is 313. The highest BCUT2D eigenvalue weighted by Crippen LogP contribution is 2.28. The molecule has 0 heterocycles. The first-order valence-corrected chi connectivity index (χ1v) is 6.48. The quantitative estimate of drug-likeness (QED) is 0.535.